The molecular weight excluding hydrogens is 206 g/mol. The van der Waals surface area contributed by atoms with Crippen LogP contribution in [0.3, 0.4) is 0 Å². The summed E-state index contributed by atoms with van der Waals surface area (Å²) >= 11 is 0. The second kappa shape index (κ2) is 4.63. The molecule has 0 saturated carbocycles. The van der Waals surface area contributed by atoms with E-state index >= 15 is 0 Å². The number of furan rings is 1. The number of nitrogens with one attached hydrogen (secondary N) is 1. The Kier molecular flexibility index (Phi) is 3.02. The van der Waals surface area contributed by atoms with Crippen molar-refractivity contribution in [1.82, 2.24) is 9.97 Å². The molecule has 0 aliphatic heterocycles. The van der Waals surface area contributed by atoms with E-state index in [0.29, 0.717) is 12.4 Å². The summed E-state index contributed by atoms with van der Waals surface area (Å²) in [5.41, 5.74) is 3.54. The zero-order valence-electron chi connectivity index (χ0n) is 8.92. The number of anilines is 2. The maximum atomic E-state index is 5.27. The number of nitrogen functional groups attached to an aromatic ring is 1. The van der Waals surface area contributed by atoms with Gasteiger partial charge < -0.3 is 14.7 Å². The highest BCUT2D eigenvalue weighted by molar-refractivity contribution is 5.42. The summed E-state index contributed by atoms with van der Waals surface area (Å²) in [6, 6.07) is 1.91. The highest BCUT2D eigenvalue weighted by Crippen LogP contribution is 2.13. The summed E-state index contributed by atoms with van der Waals surface area (Å²) in [6.07, 6.45) is 6.60. The van der Waals surface area contributed by atoms with E-state index in [2.05, 4.69) is 15.4 Å². The summed E-state index contributed by atoms with van der Waals surface area (Å²) in [5, 5.41) is 0. The normalized spacial score (nSPS) is 10.1. The van der Waals surface area contributed by atoms with Crippen LogP contribution in [0.25, 0.3) is 0 Å². The van der Waals surface area contributed by atoms with Crippen LogP contribution >= 0.6 is 0 Å². The maximum Gasteiger partial charge on any atom is 0.160 e. The molecule has 0 radical (unpaired) electrons. The predicted molar refractivity (Wildman–Crippen MR) is 60.7 cm³/mol. The van der Waals surface area contributed by atoms with Gasteiger partial charge in [-0.2, -0.15) is 0 Å². The van der Waals surface area contributed by atoms with E-state index in [-0.39, 0.29) is 0 Å². The van der Waals surface area contributed by atoms with E-state index in [9.17, 15) is 0 Å². The van der Waals surface area contributed by atoms with Gasteiger partial charge in [-0.15, -0.1) is 0 Å². The first-order valence-corrected chi connectivity index (χ1v) is 4.80. The van der Waals surface area contributed by atoms with Crippen LogP contribution in [-0.2, 0) is 6.54 Å². The van der Waals surface area contributed by atoms with Crippen molar-refractivity contribution in [3.63, 3.8) is 0 Å². The van der Waals surface area contributed by atoms with Gasteiger partial charge in [-0.25, -0.2) is 10.8 Å². The van der Waals surface area contributed by atoms with Crippen molar-refractivity contribution < 1.29 is 4.42 Å². The molecule has 3 N–H and O–H groups in total. The van der Waals surface area contributed by atoms with Gasteiger partial charge in [0.2, 0.25) is 0 Å². The molecule has 0 unspecified atom stereocenters. The van der Waals surface area contributed by atoms with E-state index in [4.69, 9.17) is 10.3 Å². The molecule has 16 heavy (non-hydrogen) atoms. The molecule has 0 spiro atoms. The molecular formula is C10H13N5O. The van der Waals surface area contributed by atoms with Crippen LogP contribution in [0.4, 0.5) is 11.6 Å². The van der Waals surface area contributed by atoms with Crippen LogP contribution in [0.15, 0.2) is 35.4 Å². The van der Waals surface area contributed by atoms with E-state index in [1.807, 2.05) is 18.0 Å². The highest BCUT2D eigenvalue weighted by atomic mass is 16.3. The Morgan fingerprint density at radius 2 is 2.38 bits per heavy atom. The van der Waals surface area contributed by atoms with Gasteiger partial charge in [0.15, 0.2) is 5.82 Å². The third-order valence-corrected chi connectivity index (χ3v) is 2.16. The van der Waals surface area contributed by atoms with Gasteiger partial charge in [0.05, 0.1) is 24.9 Å². The van der Waals surface area contributed by atoms with E-state index in [1.165, 1.54) is 0 Å². The topological polar surface area (TPSA) is 80.2 Å². The molecule has 0 bridgehead atoms. The van der Waals surface area contributed by atoms with Gasteiger partial charge in [-0.3, -0.25) is 4.98 Å². The summed E-state index contributed by atoms with van der Waals surface area (Å²) in [4.78, 5) is 10.3. The fourth-order valence-corrected chi connectivity index (χ4v) is 1.35. The molecule has 2 rings (SSSR count). The molecule has 6 heteroatoms. The third kappa shape index (κ3) is 2.29. The van der Waals surface area contributed by atoms with Gasteiger partial charge in [-0.05, 0) is 6.07 Å². The second-order valence-corrected chi connectivity index (χ2v) is 3.39. The Hall–Kier alpha value is -2.08. The van der Waals surface area contributed by atoms with Crippen LogP contribution in [0.1, 0.15) is 5.56 Å². The maximum absolute atomic E-state index is 5.27. The number of nitrogens with two attached hydrogens (primary N) is 1. The van der Waals surface area contributed by atoms with Crippen molar-refractivity contribution in [2.75, 3.05) is 17.4 Å². The average Bonchev–Trinajstić information content (AvgIpc) is 2.82. The summed E-state index contributed by atoms with van der Waals surface area (Å²) in [7, 11) is 1.93. The molecule has 0 aliphatic carbocycles. The van der Waals surface area contributed by atoms with Gasteiger partial charge in [-0.1, -0.05) is 0 Å². The number of rotatable bonds is 4. The van der Waals surface area contributed by atoms with Crippen LogP contribution in [0.2, 0.25) is 0 Å². The van der Waals surface area contributed by atoms with Crippen LogP contribution < -0.4 is 16.2 Å². The number of hydrogen-bond donors (Lipinski definition) is 2. The lowest BCUT2D eigenvalue weighted by Crippen LogP contribution is -2.19. The van der Waals surface area contributed by atoms with Crippen molar-refractivity contribution in [2.24, 2.45) is 5.84 Å². The third-order valence-electron chi connectivity index (χ3n) is 2.16. The molecule has 84 valence electrons. The van der Waals surface area contributed by atoms with E-state index < -0.39 is 0 Å². The molecule has 6 nitrogen and oxygen atoms in total. The Labute approximate surface area is 93.1 Å². The molecule has 0 aromatic carbocycles. The lowest BCUT2D eigenvalue weighted by Gasteiger charge is -2.17. The zero-order chi connectivity index (χ0) is 11.4. The Bertz CT molecular complexity index is 442. The van der Waals surface area contributed by atoms with Crippen LogP contribution in [0.5, 0.6) is 0 Å². The Morgan fingerprint density at radius 1 is 1.50 bits per heavy atom. The molecule has 0 saturated heterocycles. The fraction of sp³-hybridized carbons (Fsp3) is 0.200. The molecule has 0 aliphatic rings. The second-order valence-electron chi connectivity index (χ2n) is 3.39. The zero-order valence-corrected chi connectivity index (χ0v) is 8.92. The lowest BCUT2D eigenvalue weighted by atomic mass is 10.3. The van der Waals surface area contributed by atoms with Crippen molar-refractivity contribution >= 4 is 11.6 Å². The van der Waals surface area contributed by atoms with Crippen molar-refractivity contribution in [2.45, 2.75) is 6.54 Å². The molecule has 2 aromatic rings. The Morgan fingerprint density at radius 3 is 3.06 bits per heavy atom. The number of nitrogens with zero attached hydrogens (tertiary/aromatic N) is 3. The quantitative estimate of drug-likeness (QED) is 0.589. The fourth-order valence-electron chi connectivity index (χ4n) is 1.35. The first-order chi connectivity index (χ1) is 7.79. The lowest BCUT2D eigenvalue weighted by molar-refractivity contribution is 0.563. The van der Waals surface area contributed by atoms with Crippen LogP contribution in [-0.4, -0.2) is 17.0 Å². The minimum Gasteiger partial charge on any atom is -0.472 e. The predicted octanol–water partition coefficient (Wildman–Crippen LogP) is 0.992. The monoisotopic (exact) mass is 219 g/mol. The SMILES string of the molecule is CN(Cc1ccoc1)c1cncc(NN)n1. The van der Waals surface area contributed by atoms with Gasteiger partial charge in [0.25, 0.3) is 0 Å². The number of hydrazine groups is 1. The standard InChI is InChI=1S/C10H13N5O/c1-15(6-8-2-3-16-7-8)10-5-12-4-9(13-10)14-11/h2-5,7H,6,11H2,1H3,(H,13,14). The van der Waals surface area contributed by atoms with Crippen molar-refractivity contribution in [1.29, 1.82) is 0 Å². The molecule has 2 heterocycles. The summed E-state index contributed by atoms with van der Waals surface area (Å²) in [5.74, 6) is 6.55. The Balaban J connectivity index is 2.11. The minimum atomic E-state index is 0.538. The first-order valence-electron chi connectivity index (χ1n) is 4.80. The highest BCUT2D eigenvalue weighted by Gasteiger charge is 2.05. The largest absolute Gasteiger partial charge is 0.472 e. The smallest absolute Gasteiger partial charge is 0.160 e. The molecule has 0 fully saturated rings. The van der Waals surface area contributed by atoms with E-state index in [1.54, 1.807) is 24.9 Å². The minimum absolute atomic E-state index is 0.538. The summed E-state index contributed by atoms with van der Waals surface area (Å²) in [6.45, 7) is 0.708. The summed E-state index contributed by atoms with van der Waals surface area (Å²) < 4.78 is 5.00. The van der Waals surface area contributed by atoms with Crippen molar-refractivity contribution in [3.05, 3.63) is 36.5 Å². The molecule has 0 atom stereocenters. The van der Waals surface area contributed by atoms with Crippen molar-refractivity contribution in [3.8, 4) is 0 Å². The van der Waals surface area contributed by atoms with Gasteiger partial charge in [0, 0.05) is 19.2 Å². The van der Waals surface area contributed by atoms with E-state index in [0.717, 1.165) is 11.4 Å². The first kappa shape index (κ1) is 10.4. The average molecular weight is 219 g/mol. The van der Waals surface area contributed by atoms with Gasteiger partial charge in [0.1, 0.15) is 5.82 Å². The molecule has 0 amide bonds. The number of aromatic nitrogens is 2. The number of hydrogen-bond acceptors (Lipinski definition) is 6. The van der Waals surface area contributed by atoms with Crippen LogP contribution in [0, 0.1) is 0 Å². The molecule has 2 aromatic heterocycles. The van der Waals surface area contributed by atoms with Gasteiger partial charge >= 0.3 is 0 Å².